The summed E-state index contributed by atoms with van der Waals surface area (Å²) in [6.07, 6.45) is 6.64. The van der Waals surface area contributed by atoms with Crippen molar-refractivity contribution in [1.29, 1.82) is 0 Å². The molecular weight excluding hydrogens is 416 g/mol. The lowest BCUT2D eigenvalue weighted by Gasteiger charge is -2.13. The van der Waals surface area contributed by atoms with E-state index in [1.807, 2.05) is 55.4 Å². The van der Waals surface area contributed by atoms with Gasteiger partial charge in [-0.3, -0.25) is 9.59 Å². The summed E-state index contributed by atoms with van der Waals surface area (Å²) in [5.41, 5.74) is 5.36. The van der Waals surface area contributed by atoms with Gasteiger partial charge in [0.1, 0.15) is 11.5 Å². The van der Waals surface area contributed by atoms with Crippen molar-refractivity contribution < 1.29 is 14.0 Å². The van der Waals surface area contributed by atoms with Crippen LogP contribution in [0.4, 0.5) is 5.69 Å². The van der Waals surface area contributed by atoms with Gasteiger partial charge in [-0.1, -0.05) is 30.3 Å². The summed E-state index contributed by atoms with van der Waals surface area (Å²) < 4.78 is 5.23. The van der Waals surface area contributed by atoms with Crippen LogP contribution in [0.3, 0.4) is 0 Å². The van der Waals surface area contributed by atoms with Crippen molar-refractivity contribution in [3.63, 3.8) is 0 Å². The molecule has 2 N–H and O–H groups in total. The Morgan fingerprint density at radius 3 is 2.33 bits per heavy atom. The Labute approximate surface area is 193 Å². The molecule has 0 aliphatic carbocycles. The maximum absolute atomic E-state index is 12.9. The van der Waals surface area contributed by atoms with Crippen molar-refractivity contribution in [3.8, 4) is 0 Å². The van der Waals surface area contributed by atoms with Gasteiger partial charge in [0.2, 0.25) is 0 Å². The molecule has 3 aromatic rings. The average molecular weight is 443 g/mol. The Kier molecular flexibility index (Phi) is 7.96. The lowest BCUT2D eigenvalue weighted by Crippen LogP contribution is -2.33. The second-order valence-electron chi connectivity index (χ2n) is 7.41. The van der Waals surface area contributed by atoms with Crippen LogP contribution in [0.2, 0.25) is 0 Å². The molecule has 33 heavy (non-hydrogen) atoms. The van der Waals surface area contributed by atoms with E-state index in [-0.39, 0.29) is 11.6 Å². The van der Waals surface area contributed by atoms with E-state index in [2.05, 4.69) is 15.8 Å². The van der Waals surface area contributed by atoms with Gasteiger partial charge in [0.05, 0.1) is 12.0 Å². The Hall–Kier alpha value is -4.39. The quantitative estimate of drug-likeness (QED) is 0.309. The molecular formula is C26H26N4O3. The maximum atomic E-state index is 12.9. The summed E-state index contributed by atoms with van der Waals surface area (Å²) in [7, 11) is 3.90. The molecule has 7 heteroatoms. The molecule has 2 aromatic carbocycles. The van der Waals surface area contributed by atoms with E-state index in [9.17, 15) is 9.59 Å². The standard InChI is InChI=1S/C26H26N4O3/c1-19(11-16-23-10-7-17-33-23)28-29-26(32)24(27-25(31)21-8-5-4-6-9-21)18-20-12-14-22(15-13-20)30(2)3/h4-18H,1-3H3,(H,27,31)(H,29,32). The summed E-state index contributed by atoms with van der Waals surface area (Å²) in [4.78, 5) is 27.5. The largest absolute Gasteiger partial charge is 0.465 e. The van der Waals surface area contributed by atoms with Crippen LogP contribution >= 0.6 is 0 Å². The van der Waals surface area contributed by atoms with Gasteiger partial charge in [0.15, 0.2) is 0 Å². The van der Waals surface area contributed by atoms with E-state index < -0.39 is 5.91 Å². The molecule has 0 atom stereocenters. The van der Waals surface area contributed by atoms with Gasteiger partial charge in [0, 0.05) is 25.3 Å². The Balaban J connectivity index is 1.79. The zero-order valence-electron chi connectivity index (χ0n) is 18.8. The summed E-state index contributed by atoms with van der Waals surface area (Å²) in [6.45, 7) is 1.74. The molecule has 0 aliphatic rings. The van der Waals surface area contributed by atoms with Gasteiger partial charge in [-0.15, -0.1) is 0 Å². The Morgan fingerprint density at radius 2 is 1.70 bits per heavy atom. The minimum atomic E-state index is -0.540. The fourth-order valence-electron chi connectivity index (χ4n) is 2.80. The third kappa shape index (κ3) is 7.07. The molecule has 2 amide bonds. The highest BCUT2D eigenvalue weighted by Crippen LogP contribution is 2.14. The van der Waals surface area contributed by atoms with Crippen LogP contribution in [0.1, 0.15) is 28.6 Å². The van der Waals surface area contributed by atoms with E-state index >= 15 is 0 Å². The predicted molar refractivity (Wildman–Crippen MR) is 132 cm³/mol. The van der Waals surface area contributed by atoms with Crippen LogP contribution in [0, 0.1) is 0 Å². The number of benzene rings is 2. The number of carbonyl (C=O) groups is 2. The topological polar surface area (TPSA) is 86.9 Å². The summed E-state index contributed by atoms with van der Waals surface area (Å²) >= 11 is 0. The van der Waals surface area contributed by atoms with E-state index in [4.69, 9.17) is 4.42 Å². The number of hydrogen-bond acceptors (Lipinski definition) is 5. The smallest absolute Gasteiger partial charge is 0.287 e. The average Bonchev–Trinajstić information content (AvgIpc) is 3.35. The van der Waals surface area contributed by atoms with Crippen LogP contribution in [-0.2, 0) is 4.79 Å². The van der Waals surface area contributed by atoms with Crippen LogP contribution in [0.25, 0.3) is 12.2 Å². The molecule has 0 spiro atoms. The van der Waals surface area contributed by atoms with Crippen molar-refractivity contribution >= 4 is 35.4 Å². The molecule has 0 saturated carbocycles. The first-order valence-corrected chi connectivity index (χ1v) is 10.3. The van der Waals surface area contributed by atoms with Gasteiger partial charge < -0.3 is 14.6 Å². The number of nitrogens with one attached hydrogen (secondary N) is 2. The number of amides is 2. The first-order chi connectivity index (χ1) is 15.9. The number of anilines is 1. The molecule has 7 nitrogen and oxygen atoms in total. The molecule has 0 unspecified atom stereocenters. The van der Waals surface area contributed by atoms with Crippen LogP contribution in [0.15, 0.2) is 94.3 Å². The van der Waals surface area contributed by atoms with Gasteiger partial charge in [0.25, 0.3) is 11.8 Å². The van der Waals surface area contributed by atoms with Crippen molar-refractivity contribution in [3.05, 3.63) is 102 Å². The highest BCUT2D eigenvalue weighted by molar-refractivity contribution is 6.06. The third-order valence-electron chi connectivity index (χ3n) is 4.62. The van der Waals surface area contributed by atoms with E-state index in [1.54, 1.807) is 61.7 Å². The summed E-state index contributed by atoms with van der Waals surface area (Å²) in [6, 6.07) is 19.9. The molecule has 0 bridgehead atoms. The first-order valence-electron chi connectivity index (χ1n) is 10.3. The van der Waals surface area contributed by atoms with Crippen molar-refractivity contribution in [1.82, 2.24) is 10.7 Å². The van der Waals surface area contributed by atoms with E-state index in [1.165, 1.54) is 0 Å². The van der Waals surface area contributed by atoms with Crippen molar-refractivity contribution in [2.75, 3.05) is 19.0 Å². The number of furan rings is 1. The Bertz CT molecular complexity index is 1160. The van der Waals surface area contributed by atoms with Crippen LogP contribution in [0.5, 0.6) is 0 Å². The number of hydrogen-bond donors (Lipinski definition) is 2. The highest BCUT2D eigenvalue weighted by Gasteiger charge is 2.14. The highest BCUT2D eigenvalue weighted by atomic mass is 16.3. The minimum Gasteiger partial charge on any atom is -0.465 e. The third-order valence-corrected chi connectivity index (χ3v) is 4.62. The number of allylic oxidation sites excluding steroid dienone is 1. The fraction of sp³-hybridized carbons (Fsp3) is 0.115. The monoisotopic (exact) mass is 442 g/mol. The second-order valence-corrected chi connectivity index (χ2v) is 7.41. The molecule has 168 valence electrons. The maximum Gasteiger partial charge on any atom is 0.287 e. The number of rotatable bonds is 8. The van der Waals surface area contributed by atoms with Gasteiger partial charge in [-0.2, -0.15) is 5.10 Å². The first kappa shape index (κ1) is 23.3. The molecule has 0 saturated heterocycles. The molecule has 0 radical (unpaired) electrons. The predicted octanol–water partition coefficient (Wildman–Crippen LogP) is 4.32. The summed E-state index contributed by atoms with van der Waals surface area (Å²) in [5.74, 6) is -0.255. The summed E-state index contributed by atoms with van der Waals surface area (Å²) in [5, 5.41) is 6.79. The number of hydrazone groups is 1. The molecule has 1 heterocycles. The molecule has 0 fully saturated rings. The number of carbonyl (C=O) groups excluding carboxylic acids is 2. The van der Waals surface area contributed by atoms with Gasteiger partial charge in [-0.25, -0.2) is 5.43 Å². The molecule has 3 rings (SSSR count). The lowest BCUT2D eigenvalue weighted by atomic mass is 10.1. The normalized spacial score (nSPS) is 12.0. The molecule has 0 aliphatic heterocycles. The second kappa shape index (κ2) is 11.3. The van der Waals surface area contributed by atoms with Crippen LogP contribution in [-0.4, -0.2) is 31.6 Å². The zero-order valence-corrected chi connectivity index (χ0v) is 18.8. The van der Waals surface area contributed by atoms with Crippen molar-refractivity contribution in [2.24, 2.45) is 5.10 Å². The van der Waals surface area contributed by atoms with Crippen molar-refractivity contribution in [2.45, 2.75) is 6.92 Å². The Morgan fingerprint density at radius 1 is 0.970 bits per heavy atom. The molecule has 1 aromatic heterocycles. The SMILES string of the molecule is CC(C=Cc1ccco1)=NNC(=O)C(=Cc1ccc(N(C)C)cc1)NC(=O)c1ccccc1. The van der Waals surface area contributed by atoms with Crippen LogP contribution < -0.4 is 15.6 Å². The van der Waals surface area contributed by atoms with E-state index in [0.29, 0.717) is 17.0 Å². The zero-order chi connectivity index (χ0) is 23.6. The number of nitrogens with zero attached hydrogens (tertiary/aromatic N) is 2. The van der Waals surface area contributed by atoms with E-state index in [0.717, 1.165) is 11.3 Å². The lowest BCUT2D eigenvalue weighted by molar-refractivity contribution is -0.117. The van der Waals surface area contributed by atoms with Gasteiger partial charge in [-0.05, 0) is 67.1 Å². The van der Waals surface area contributed by atoms with Gasteiger partial charge >= 0.3 is 0 Å². The minimum absolute atomic E-state index is 0.0769. The fourth-order valence-corrected chi connectivity index (χ4v) is 2.80.